The summed E-state index contributed by atoms with van der Waals surface area (Å²) in [5.41, 5.74) is -1.96. The van der Waals surface area contributed by atoms with Gasteiger partial charge in [0, 0.05) is 36.8 Å². The maximum absolute atomic E-state index is 14.8. The third-order valence-corrected chi connectivity index (χ3v) is 9.24. The number of alkyl halides is 3. The van der Waals surface area contributed by atoms with Gasteiger partial charge in [0.1, 0.15) is 17.0 Å². The van der Waals surface area contributed by atoms with E-state index >= 15 is 0 Å². The van der Waals surface area contributed by atoms with Crippen molar-refractivity contribution in [1.82, 2.24) is 14.8 Å². The Morgan fingerprint density at radius 1 is 1.29 bits per heavy atom. The highest BCUT2D eigenvalue weighted by Gasteiger charge is 2.57. The minimum atomic E-state index is -4.50. The smallest absolute Gasteiger partial charge is 0.401 e. The molecule has 0 saturated carbocycles. The molecule has 190 valence electrons. The predicted octanol–water partition coefficient (Wildman–Crippen LogP) is 3.53. The second-order valence-corrected chi connectivity index (χ2v) is 12.2. The van der Waals surface area contributed by atoms with Crippen molar-refractivity contribution in [3.63, 3.8) is 0 Å². The molecule has 1 atom stereocenters. The zero-order valence-corrected chi connectivity index (χ0v) is 21.1. The number of rotatable bonds is 5. The summed E-state index contributed by atoms with van der Waals surface area (Å²) in [5, 5.41) is 8.30. The van der Waals surface area contributed by atoms with Gasteiger partial charge in [-0.2, -0.15) is 13.2 Å². The summed E-state index contributed by atoms with van der Waals surface area (Å²) in [6.07, 6.45) is -3.19. The first-order valence-electron chi connectivity index (χ1n) is 10.4. The molecule has 2 saturated heterocycles. The minimum Gasteiger partial charge on any atom is -0.508 e. The molecule has 0 radical (unpaired) electrons. The number of amides is 1. The first kappa shape index (κ1) is 26.1. The number of nitrogens with zero attached hydrogens (tertiary/aromatic N) is 3. The highest BCUT2D eigenvalue weighted by Crippen LogP contribution is 2.40. The number of benzene rings is 1. The number of aromatic nitrogens is 1. The fourth-order valence-corrected chi connectivity index (χ4v) is 7.14. The number of carbonyl (C=O) groups is 1. The second kappa shape index (κ2) is 9.16. The van der Waals surface area contributed by atoms with E-state index in [0.29, 0.717) is 4.47 Å². The normalized spacial score (nSPS) is 20.6. The lowest BCUT2D eigenvalue weighted by Gasteiger charge is -2.49. The Balaban J connectivity index is 1.60. The highest BCUT2D eigenvalue weighted by atomic mass is 79.9. The van der Waals surface area contributed by atoms with Crippen molar-refractivity contribution in [2.75, 3.05) is 32.7 Å². The summed E-state index contributed by atoms with van der Waals surface area (Å²) in [6.45, 7) is -2.31. The van der Waals surface area contributed by atoms with Crippen molar-refractivity contribution in [2.24, 2.45) is 0 Å². The molecule has 1 amide bonds. The number of carbonyl (C=O) groups excluding carboxylic acids is 1. The molecule has 0 bridgehead atoms. The Morgan fingerprint density at radius 3 is 2.57 bits per heavy atom. The molecule has 0 spiro atoms. The van der Waals surface area contributed by atoms with Gasteiger partial charge in [-0.05, 0) is 46.6 Å². The lowest BCUT2D eigenvalue weighted by molar-refractivity contribution is -0.171. The van der Waals surface area contributed by atoms with Crippen LogP contribution < -0.4 is 0 Å². The Hall–Kier alpha value is -1.96. The summed E-state index contributed by atoms with van der Waals surface area (Å²) < 4.78 is 80.0. The maximum atomic E-state index is 14.8. The van der Waals surface area contributed by atoms with E-state index in [1.54, 1.807) is 0 Å². The van der Waals surface area contributed by atoms with Gasteiger partial charge >= 0.3 is 6.18 Å². The van der Waals surface area contributed by atoms with E-state index in [0.717, 1.165) is 17.0 Å². The van der Waals surface area contributed by atoms with E-state index in [1.807, 2.05) is 0 Å². The summed E-state index contributed by atoms with van der Waals surface area (Å²) in [4.78, 5) is 19.6. The van der Waals surface area contributed by atoms with Crippen LogP contribution in [0.1, 0.15) is 12.1 Å². The maximum Gasteiger partial charge on any atom is 0.401 e. The van der Waals surface area contributed by atoms with Gasteiger partial charge in [-0.1, -0.05) is 11.6 Å². The number of aromatic hydroxyl groups is 1. The van der Waals surface area contributed by atoms with Crippen LogP contribution in [0.15, 0.2) is 39.8 Å². The van der Waals surface area contributed by atoms with E-state index in [9.17, 15) is 35.9 Å². The Kier molecular flexibility index (Phi) is 6.84. The van der Waals surface area contributed by atoms with Gasteiger partial charge in [0.2, 0.25) is 5.91 Å². The van der Waals surface area contributed by atoms with Gasteiger partial charge in [-0.25, -0.2) is 12.8 Å². The quantitative estimate of drug-likeness (QED) is 0.529. The molecule has 3 heterocycles. The number of phenols is 1. The van der Waals surface area contributed by atoms with E-state index in [2.05, 4.69) is 20.9 Å². The summed E-state index contributed by atoms with van der Waals surface area (Å²) in [6, 6.07) is 4.51. The van der Waals surface area contributed by atoms with Crippen LogP contribution in [-0.2, 0) is 20.0 Å². The molecule has 14 heteroatoms. The number of hydrogen-bond donors (Lipinski definition) is 1. The number of likely N-dealkylation sites (tertiary alicyclic amines) is 2. The molecule has 2 aliphatic heterocycles. The van der Waals surface area contributed by atoms with E-state index in [-0.39, 0.29) is 40.9 Å². The lowest BCUT2D eigenvalue weighted by atomic mass is 9.74. The number of sulfone groups is 1. The standard InChI is InChI=1S/C21H19BrClF4N3O4S/c22-12-5-16(24)18(28-7-12)20(9-29(10-20)11-21(25,26)27)19(32)30-4-3-14(8-30)35(33,34)17-2-1-13(31)6-15(17)23/h1-2,5-7,14,31H,3-4,8-11H2. The third kappa shape index (κ3) is 5.00. The first-order valence-corrected chi connectivity index (χ1v) is 13.1. The van der Waals surface area contributed by atoms with E-state index in [1.165, 1.54) is 23.2 Å². The van der Waals surface area contributed by atoms with Gasteiger partial charge in [0.05, 0.1) is 27.4 Å². The van der Waals surface area contributed by atoms with E-state index < -0.39 is 58.0 Å². The number of pyridine rings is 1. The molecule has 4 rings (SSSR count). The molecule has 2 aliphatic rings. The van der Waals surface area contributed by atoms with Gasteiger partial charge in [0.15, 0.2) is 9.84 Å². The zero-order chi connectivity index (χ0) is 25.8. The molecule has 0 aliphatic carbocycles. The summed E-state index contributed by atoms with van der Waals surface area (Å²) >= 11 is 9.07. The fourth-order valence-electron chi connectivity index (χ4n) is 4.60. The van der Waals surface area contributed by atoms with Crippen LogP contribution >= 0.6 is 27.5 Å². The molecule has 2 aromatic rings. The van der Waals surface area contributed by atoms with Crippen LogP contribution in [0.5, 0.6) is 5.75 Å². The molecule has 1 N–H and O–H groups in total. The molecule has 1 aromatic heterocycles. The van der Waals surface area contributed by atoms with Crippen molar-refractivity contribution in [3.05, 3.63) is 51.5 Å². The molecule has 1 unspecified atom stereocenters. The topological polar surface area (TPSA) is 90.8 Å². The fraction of sp³-hybridized carbons (Fsp3) is 0.429. The first-order chi connectivity index (χ1) is 16.2. The van der Waals surface area contributed by atoms with Crippen molar-refractivity contribution in [1.29, 1.82) is 0 Å². The monoisotopic (exact) mass is 599 g/mol. The SMILES string of the molecule is O=C(N1CCC(S(=O)(=O)c2ccc(O)cc2Cl)C1)C1(c2ncc(Br)cc2F)CN(CC(F)(F)F)C1. The van der Waals surface area contributed by atoms with Crippen LogP contribution in [0, 0.1) is 5.82 Å². The number of phenolic OH excluding ortho intramolecular Hbond substituents is 1. The van der Waals surface area contributed by atoms with Gasteiger partial charge < -0.3 is 10.0 Å². The number of halogens is 6. The Bertz CT molecular complexity index is 1270. The minimum absolute atomic E-state index is 0.0115. The van der Waals surface area contributed by atoms with Crippen LogP contribution in [0.25, 0.3) is 0 Å². The lowest BCUT2D eigenvalue weighted by Crippen LogP contribution is -2.68. The van der Waals surface area contributed by atoms with Crippen LogP contribution in [-0.4, -0.2) is 78.4 Å². The van der Waals surface area contributed by atoms with Crippen molar-refractivity contribution < 1.29 is 35.9 Å². The molecule has 2 fully saturated rings. The second-order valence-electron chi connectivity index (χ2n) is 8.65. The Labute approximate surface area is 211 Å². The van der Waals surface area contributed by atoms with Crippen LogP contribution in [0.2, 0.25) is 5.02 Å². The molecular weight excluding hydrogens is 582 g/mol. The van der Waals surface area contributed by atoms with Gasteiger partial charge in [-0.15, -0.1) is 0 Å². The molecule has 35 heavy (non-hydrogen) atoms. The zero-order valence-electron chi connectivity index (χ0n) is 17.9. The van der Waals surface area contributed by atoms with Crippen molar-refractivity contribution in [2.45, 2.75) is 28.2 Å². The summed E-state index contributed by atoms with van der Waals surface area (Å²) in [5.74, 6) is -1.74. The predicted molar refractivity (Wildman–Crippen MR) is 121 cm³/mol. The molecule has 1 aromatic carbocycles. The van der Waals surface area contributed by atoms with Gasteiger partial charge in [-0.3, -0.25) is 14.7 Å². The van der Waals surface area contributed by atoms with Gasteiger partial charge in [0.25, 0.3) is 0 Å². The average molecular weight is 601 g/mol. The summed E-state index contributed by atoms with van der Waals surface area (Å²) in [7, 11) is -3.99. The van der Waals surface area contributed by atoms with Crippen molar-refractivity contribution in [3.8, 4) is 5.75 Å². The molecule has 7 nitrogen and oxygen atoms in total. The molecular formula is C21H19BrClF4N3O4S. The largest absolute Gasteiger partial charge is 0.508 e. The number of hydrogen-bond acceptors (Lipinski definition) is 6. The third-order valence-electron chi connectivity index (χ3n) is 6.15. The van der Waals surface area contributed by atoms with Crippen LogP contribution in [0.3, 0.4) is 0 Å². The van der Waals surface area contributed by atoms with E-state index in [4.69, 9.17) is 11.6 Å². The van der Waals surface area contributed by atoms with Crippen molar-refractivity contribution >= 4 is 43.3 Å². The average Bonchev–Trinajstić information content (AvgIpc) is 3.20. The van der Waals surface area contributed by atoms with Crippen LogP contribution in [0.4, 0.5) is 17.6 Å². The highest BCUT2D eigenvalue weighted by molar-refractivity contribution is 9.10. The Morgan fingerprint density at radius 2 is 1.97 bits per heavy atom.